The molecule has 0 bridgehead atoms. The summed E-state index contributed by atoms with van der Waals surface area (Å²) in [6.07, 6.45) is 2.03. The van der Waals surface area contributed by atoms with Crippen molar-refractivity contribution in [2.75, 3.05) is 25.0 Å². The molecule has 1 fully saturated rings. The molecule has 0 amide bonds. The molecule has 0 spiro atoms. The van der Waals surface area contributed by atoms with Crippen molar-refractivity contribution in [1.29, 1.82) is 10.5 Å². The summed E-state index contributed by atoms with van der Waals surface area (Å²) >= 11 is 0. The van der Waals surface area contributed by atoms with Crippen LogP contribution < -0.4 is 5.32 Å². The fourth-order valence-corrected chi connectivity index (χ4v) is 2.26. The van der Waals surface area contributed by atoms with Gasteiger partial charge in [0.25, 0.3) is 0 Å². The average Bonchev–Trinajstić information content (AvgIpc) is 2.42. The number of hydrogen-bond donors (Lipinski definition) is 1. The van der Waals surface area contributed by atoms with Gasteiger partial charge in [-0.25, -0.2) is 0 Å². The van der Waals surface area contributed by atoms with E-state index in [1.165, 1.54) is 0 Å². The van der Waals surface area contributed by atoms with Gasteiger partial charge < -0.3 is 5.32 Å². The Morgan fingerprint density at radius 1 is 1.22 bits per heavy atom. The maximum atomic E-state index is 9.03. The van der Waals surface area contributed by atoms with E-state index < -0.39 is 0 Å². The molecule has 2 rings (SSSR count). The van der Waals surface area contributed by atoms with Crippen LogP contribution in [0.5, 0.6) is 0 Å². The lowest BCUT2D eigenvalue weighted by Crippen LogP contribution is -2.39. The third-order valence-corrected chi connectivity index (χ3v) is 3.29. The van der Waals surface area contributed by atoms with Crippen LogP contribution in [-0.2, 0) is 0 Å². The maximum Gasteiger partial charge on any atom is 0.101 e. The van der Waals surface area contributed by atoms with Crippen molar-refractivity contribution in [2.45, 2.75) is 18.9 Å². The van der Waals surface area contributed by atoms with E-state index in [0.717, 1.165) is 31.6 Å². The number of nitrogens with zero attached hydrogens (tertiary/aromatic N) is 3. The number of nitriles is 2. The number of hydrogen-bond acceptors (Lipinski definition) is 4. The molecule has 4 nitrogen and oxygen atoms in total. The first kappa shape index (κ1) is 12.4. The highest BCUT2D eigenvalue weighted by Gasteiger charge is 2.19. The van der Waals surface area contributed by atoms with Crippen LogP contribution in [0.2, 0.25) is 0 Å². The molecule has 1 heterocycles. The average molecular weight is 240 g/mol. The predicted octanol–water partition coefficient (Wildman–Crippen LogP) is 1.96. The molecule has 0 unspecified atom stereocenters. The van der Waals surface area contributed by atoms with E-state index in [1.54, 1.807) is 0 Å². The Bertz CT molecular complexity index is 475. The molecule has 0 radical (unpaired) electrons. The number of anilines is 1. The number of likely N-dealkylation sites (tertiary alicyclic amines) is 1. The van der Waals surface area contributed by atoms with Gasteiger partial charge in [-0.3, -0.25) is 4.90 Å². The molecule has 1 aromatic rings. The molecule has 1 aliphatic rings. The Kier molecular flexibility index (Phi) is 4.17. The van der Waals surface area contributed by atoms with Crippen LogP contribution in [0.25, 0.3) is 0 Å². The summed E-state index contributed by atoms with van der Waals surface area (Å²) in [6, 6.07) is 12.4. The van der Waals surface area contributed by atoms with E-state index in [2.05, 4.69) is 22.4 Å². The van der Waals surface area contributed by atoms with E-state index in [9.17, 15) is 0 Å². The molecule has 0 aliphatic carbocycles. The molecule has 0 saturated carbocycles. The second-order valence-corrected chi connectivity index (χ2v) is 4.51. The number of nitrogens with one attached hydrogen (secondary N) is 1. The molecule has 0 aromatic heterocycles. The summed E-state index contributed by atoms with van der Waals surface area (Å²) in [5, 5.41) is 21.1. The van der Waals surface area contributed by atoms with E-state index in [4.69, 9.17) is 10.5 Å². The van der Waals surface area contributed by atoms with E-state index in [1.807, 2.05) is 24.3 Å². The second kappa shape index (κ2) is 6.05. The molecule has 1 saturated heterocycles. The fraction of sp³-hybridized carbons (Fsp3) is 0.429. The van der Waals surface area contributed by atoms with Gasteiger partial charge in [-0.2, -0.15) is 10.5 Å². The quantitative estimate of drug-likeness (QED) is 0.820. The Balaban J connectivity index is 1.92. The van der Waals surface area contributed by atoms with Gasteiger partial charge in [0, 0.05) is 19.1 Å². The summed E-state index contributed by atoms with van der Waals surface area (Å²) in [6.45, 7) is 2.40. The Morgan fingerprint density at radius 2 is 1.94 bits per heavy atom. The first-order valence-corrected chi connectivity index (χ1v) is 6.18. The predicted molar refractivity (Wildman–Crippen MR) is 69.9 cm³/mol. The highest BCUT2D eigenvalue weighted by molar-refractivity contribution is 5.57. The Labute approximate surface area is 107 Å². The number of piperidine rings is 1. The highest BCUT2D eigenvalue weighted by Crippen LogP contribution is 2.19. The Hall–Kier alpha value is -2.04. The van der Waals surface area contributed by atoms with Crippen LogP contribution in [0.15, 0.2) is 24.3 Å². The van der Waals surface area contributed by atoms with Crippen molar-refractivity contribution in [3.63, 3.8) is 0 Å². The van der Waals surface area contributed by atoms with Crippen molar-refractivity contribution in [2.24, 2.45) is 0 Å². The molecular weight excluding hydrogens is 224 g/mol. The summed E-state index contributed by atoms with van der Waals surface area (Å²) in [4.78, 5) is 2.16. The summed E-state index contributed by atoms with van der Waals surface area (Å²) < 4.78 is 0. The minimum Gasteiger partial charge on any atom is -0.381 e. The van der Waals surface area contributed by atoms with Crippen molar-refractivity contribution < 1.29 is 0 Å². The van der Waals surface area contributed by atoms with E-state index >= 15 is 0 Å². The zero-order chi connectivity index (χ0) is 12.8. The third kappa shape index (κ3) is 3.00. The van der Waals surface area contributed by atoms with Gasteiger partial charge in [0.15, 0.2) is 0 Å². The molecular formula is C14H16N4. The topological polar surface area (TPSA) is 62.9 Å². The molecule has 1 aliphatic heterocycles. The molecule has 4 heteroatoms. The molecule has 18 heavy (non-hydrogen) atoms. The number of para-hydroxylation sites is 1. The van der Waals surface area contributed by atoms with E-state index in [0.29, 0.717) is 18.2 Å². The lowest BCUT2D eigenvalue weighted by atomic mass is 10.0. The van der Waals surface area contributed by atoms with Crippen LogP contribution in [0.4, 0.5) is 5.69 Å². The number of benzene rings is 1. The molecule has 1 N–H and O–H groups in total. The van der Waals surface area contributed by atoms with Gasteiger partial charge in [0.1, 0.15) is 6.07 Å². The molecule has 0 atom stereocenters. The van der Waals surface area contributed by atoms with Crippen molar-refractivity contribution in [3.05, 3.63) is 29.8 Å². The van der Waals surface area contributed by atoms with Gasteiger partial charge in [0.05, 0.1) is 23.9 Å². The highest BCUT2D eigenvalue weighted by atomic mass is 15.1. The van der Waals surface area contributed by atoms with Crippen LogP contribution in [0.3, 0.4) is 0 Å². The lowest BCUT2D eigenvalue weighted by Gasteiger charge is -2.31. The summed E-state index contributed by atoms with van der Waals surface area (Å²) in [7, 11) is 0. The normalized spacial score (nSPS) is 16.8. The van der Waals surface area contributed by atoms with Crippen LogP contribution in [0.1, 0.15) is 18.4 Å². The molecule has 1 aromatic carbocycles. The van der Waals surface area contributed by atoms with Crippen LogP contribution >= 0.6 is 0 Å². The largest absolute Gasteiger partial charge is 0.381 e. The van der Waals surface area contributed by atoms with Gasteiger partial charge in [-0.1, -0.05) is 12.1 Å². The maximum absolute atomic E-state index is 9.03. The zero-order valence-electron chi connectivity index (χ0n) is 10.3. The SMILES string of the molecule is N#CCN1CCC(Nc2ccccc2C#N)CC1. The lowest BCUT2D eigenvalue weighted by molar-refractivity contribution is 0.242. The summed E-state index contributed by atoms with van der Waals surface area (Å²) in [5.74, 6) is 0. The minimum atomic E-state index is 0.398. The minimum absolute atomic E-state index is 0.398. The standard InChI is InChI=1S/C14H16N4/c15-7-10-18-8-5-13(6-9-18)17-14-4-2-1-3-12(14)11-16/h1-4,13,17H,5-6,8-10H2. The van der Waals surface area contributed by atoms with Crippen LogP contribution in [-0.4, -0.2) is 30.6 Å². The van der Waals surface area contributed by atoms with Gasteiger partial charge in [-0.15, -0.1) is 0 Å². The van der Waals surface area contributed by atoms with Crippen LogP contribution in [0, 0.1) is 22.7 Å². The summed E-state index contributed by atoms with van der Waals surface area (Å²) in [5.41, 5.74) is 1.61. The van der Waals surface area contributed by atoms with Crippen molar-refractivity contribution in [3.8, 4) is 12.1 Å². The Morgan fingerprint density at radius 3 is 2.61 bits per heavy atom. The van der Waals surface area contributed by atoms with Gasteiger partial charge >= 0.3 is 0 Å². The van der Waals surface area contributed by atoms with Crippen molar-refractivity contribution in [1.82, 2.24) is 4.90 Å². The second-order valence-electron chi connectivity index (χ2n) is 4.51. The third-order valence-electron chi connectivity index (χ3n) is 3.29. The first-order valence-electron chi connectivity index (χ1n) is 6.18. The van der Waals surface area contributed by atoms with E-state index in [-0.39, 0.29) is 0 Å². The van der Waals surface area contributed by atoms with Gasteiger partial charge in [-0.05, 0) is 25.0 Å². The fourth-order valence-electron chi connectivity index (χ4n) is 2.26. The smallest absolute Gasteiger partial charge is 0.101 e. The van der Waals surface area contributed by atoms with Crippen molar-refractivity contribution >= 4 is 5.69 Å². The monoisotopic (exact) mass is 240 g/mol. The number of rotatable bonds is 3. The molecule has 92 valence electrons. The van der Waals surface area contributed by atoms with Gasteiger partial charge in [0.2, 0.25) is 0 Å². The zero-order valence-corrected chi connectivity index (χ0v) is 10.3. The first-order chi connectivity index (χ1) is 8.83.